The highest BCUT2D eigenvalue weighted by molar-refractivity contribution is 5.96. The summed E-state index contributed by atoms with van der Waals surface area (Å²) in [6.45, 7) is 3.25. The van der Waals surface area contributed by atoms with Gasteiger partial charge in [-0.25, -0.2) is 5.48 Å². The number of hydrogen-bond donors (Lipinski definition) is 2. The number of hydroxylamine groups is 1. The molecular formula is C22H29N3O3. The highest BCUT2D eigenvalue weighted by atomic mass is 16.6. The fourth-order valence-electron chi connectivity index (χ4n) is 4.24. The van der Waals surface area contributed by atoms with Crippen LogP contribution in [0, 0.1) is 11.8 Å². The smallest absolute Gasteiger partial charge is 0.163 e. The summed E-state index contributed by atoms with van der Waals surface area (Å²) in [6, 6.07) is 4.16. The maximum atomic E-state index is 6.16. The molecular weight excluding hydrogens is 354 g/mol. The number of rotatable bonds is 7. The van der Waals surface area contributed by atoms with Gasteiger partial charge >= 0.3 is 0 Å². The Balaban J connectivity index is 1.47. The number of nitrogens with zero attached hydrogens (tertiary/aromatic N) is 1. The predicted molar refractivity (Wildman–Crippen MR) is 109 cm³/mol. The van der Waals surface area contributed by atoms with Crippen molar-refractivity contribution >= 4 is 16.6 Å². The number of fused-ring (bicyclic) bond motifs is 2. The van der Waals surface area contributed by atoms with Gasteiger partial charge in [-0.3, -0.25) is 4.98 Å². The molecule has 1 atom stereocenters. The molecule has 1 unspecified atom stereocenters. The first-order valence-electron chi connectivity index (χ1n) is 10.6. The first kappa shape index (κ1) is 18.0. The zero-order valence-electron chi connectivity index (χ0n) is 16.6. The normalized spacial score (nSPS) is 21.5. The third-order valence-electron chi connectivity index (χ3n) is 6.14. The standard InChI is InChI=1S/C22H29N3O3/c1-26-20-9-17-19(10-21(20)27-13-15-7-8-28-24-12-15)25-18-4-2-3-16(18)22(17)23-11-14-5-6-14/h9-10,14-15,24H,2-8,11-13H2,1H3,(H,23,25). The van der Waals surface area contributed by atoms with E-state index in [9.17, 15) is 0 Å². The molecule has 150 valence electrons. The van der Waals surface area contributed by atoms with Crippen molar-refractivity contribution < 1.29 is 14.3 Å². The van der Waals surface area contributed by atoms with E-state index in [2.05, 4.69) is 22.9 Å². The van der Waals surface area contributed by atoms with E-state index in [4.69, 9.17) is 19.3 Å². The van der Waals surface area contributed by atoms with E-state index in [0.717, 1.165) is 67.3 Å². The van der Waals surface area contributed by atoms with E-state index in [-0.39, 0.29) is 0 Å². The van der Waals surface area contributed by atoms with Crippen LogP contribution in [0.1, 0.15) is 36.9 Å². The Morgan fingerprint density at radius 1 is 1.18 bits per heavy atom. The zero-order valence-corrected chi connectivity index (χ0v) is 16.6. The van der Waals surface area contributed by atoms with Gasteiger partial charge in [0.15, 0.2) is 11.5 Å². The fourth-order valence-corrected chi connectivity index (χ4v) is 4.24. The molecule has 0 spiro atoms. The number of hydrogen-bond acceptors (Lipinski definition) is 6. The van der Waals surface area contributed by atoms with Crippen molar-refractivity contribution in [3.8, 4) is 11.5 Å². The third-order valence-corrected chi connectivity index (χ3v) is 6.14. The molecule has 0 bridgehead atoms. The van der Waals surface area contributed by atoms with Crippen LogP contribution < -0.4 is 20.3 Å². The number of pyridine rings is 1. The summed E-state index contributed by atoms with van der Waals surface area (Å²) in [5.74, 6) is 2.83. The van der Waals surface area contributed by atoms with Crippen LogP contribution in [0.25, 0.3) is 10.9 Å². The molecule has 6 nitrogen and oxygen atoms in total. The fraction of sp³-hybridized carbons (Fsp3) is 0.591. The molecule has 1 aromatic heterocycles. The van der Waals surface area contributed by atoms with E-state index in [0.29, 0.717) is 12.5 Å². The van der Waals surface area contributed by atoms with E-state index >= 15 is 0 Å². The maximum absolute atomic E-state index is 6.16. The number of nitrogens with one attached hydrogen (secondary N) is 2. The molecule has 28 heavy (non-hydrogen) atoms. The van der Waals surface area contributed by atoms with Gasteiger partial charge in [0.25, 0.3) is 0 Å². The molecule has 3 aliphatic rings. The summed E-state index contributed by atoms with van der Waals surface area (Å²) in [4.78, 5) is 10.2. The molecule has 2 fully saturated rings. The Morgan fingerprint density at radius 3 is 2.89 bits per heavy atom. The molecule has 1 aliphatic heterocycles. The second-order valence-corrected chi connectivity index (χ2v) is 8.27. The van der Waals surface area contributed by atoms with Gasteiger partial charge in [-0.15, -0.1) is 0 Å². The Hall–Kier alpha value is -2.05. The van der Waals surface area contributed by atoms with Gasteiger partial charge in [-0.1, -0.05) is 0 Å². The largest absolute Gasteiger partial charge is 0.493 e. The summed E-state index contributed by atoms with van der Waals surface area (Å²) < 4.78 is 11.8. The maximum Gasteiger partial charge on any atom is 0.163 e. The highest BCUT2D eigenvalue weighted by Crippen LogP contribution is 2.40. The first-order valence-corrected chi connectivity index (χ1v) is 10.6. The Morgan fingerprint density at radius 2 is 2.11 bits per heavy atom. The molecule has 2 N–H and O–H groups in total. The highest BCUT2D eigenvalue weighted by Gasteiger charge is 2.25. The van der Waals surface area contributed by atoms with Crippen molar-refractivity contribution in [3.05, 3.63) is 23.4 Å². The predicted octanol–water partition coefficient (Wildman–Crippen LogP) is 3.47. The average Bonchev–Trinajstić information content (AvgIpc) is 3.45. The van der Waals surface area contributed by atoms with Crippen molar-refractivity contribution in [2.45, 2.75) is 38.5 Å². The lowest BCUT2D eigenvalue weighted by Gasteiger charge is -2.23. The molecule has 1 aromatic carbocycles. The average molecular weight is 383 g/mol. The van der Waals surface area contributed by atoms with Crippen molar-refractivity contribution in [2.24, 2.45) is 11.8 Å². The van der Waals surface area contributed by atoms with Crippen LogP contribution in [0.3, 0.4) is 0 Å². The SMILES string of the molecule is COc1cc2c(NCC3CC3)c3c(nc2cc1OCC1CCONC1)CCC3. The van der Waals surface area contributed by atoms with Gasteiger partial charge in [-0.2, -0.15) is 0 Å². The van der Waals surface area contributed by atoms with Gasteiger partial charge in [-0.05, 0) is 56.1 Å². The van der Waals surface area contributed by atoms with E-state index in [1.54, 1.807) is 7.11 Å². The van der Waals surface area contributed by atoms with E-state index < -0.39 is 0 Å². The lowest BCUT2D eigenvalue weighted by Crippen LogP contribution is -2.34. The lowest BCUT2D eigenvalue weighted by atomic mass is 10.1. The van der Waals surface area contributed by atoms with Crippen LogP contribution in [-0.4, -0.2) is 38.4 Å². The van der Waals surface area contributed by atoms with Gasteiger partial charge in [0, 0.05) is 41.8 Å². The van der Waals surface area contributed by atoms with Crippen LogP contribution >= 0.6 is 0 Å². The number of benzene rings is 1. The number of ether oxygens (including phenoxy) is 2. The minimum Gasteiger partial charge on any atom is -0.493 e. The van der Waals surface area contributed by atoms with Crippen molar-refractivity contribution in [2.75, 3.05) is 38.7 Å². The van der Waals surface area contributed by atoms with Crippen molar-refractivity contribution in [3.63, 3.8) is 0 Å². The monoisotopic (exact) mass is 383 g/mol. The van der Waals surface area contributed by atoms with Crippen LogP contribution in [0.2, 0.25) is 0 Å². The molecule has 1 saturated heterocycles. The van der Waals surface area contributed by atoms with Crippen LogP contribution in [0.5, 0.6) is 11.5 Å². The van der Waals surface area contributed by atoms with Crippen LogP contribution in [0.4, 0.5) is 5.69 Å². The minimum atomic E-state index is 0.443. The summed E-state index contributed by atoms with van der Waals surface area (Å²) >= 11 is 0. The van der Waals surface area contributed by atoms with Crippen molar-refractivity contribution in [1.82, 2.24) is 10.5 Å². The molecule has 5 rings (SSSR count). The van der Waals surface area contributed by atoms with E-state index in [1.807, 2.05) is 0 Å². The summed E-state index contributed by atoms with van der Waals surface area (Å²) in [5, 5.41) is 4.90. The van der Waals surface area contributed by atoms with Crippen molar-refractivity contribution in [1.29, 1.82) is 0 Å². The Bertz CT molecular complexity index is 860. The van der Waals surface area contributed by atoms with Gasteiger partial charge in [0.05, 0.1) is 25.8 Å². The van der Waals surface area contributed by atoms with Gasteiger partial charge < -0.3 is 19.6 Å². The van der Waals surface area contributed by atoms with Gasteiger partial charge in [0.2, 0.25) is 0 Å². The van der Waals surface area contributed by atoms with E-state index in [1.165, 1.54) is 36.2 Å². The Labute approximate surface area is 165 Å². The second-order valence-electron chi connectivity index (χ2n) is 8.27. The number of anilines is 1. The number of aryl methyl sites for hydroxylation is 1. The molecule has 2 aliphatic carbocycles. The summed E-state index contributed by atoms with van der Waals surface area (Å²) in [5.41, 5.74) is 7.87. The molecule has 2 aromatic rings. The lowest BCUT2D eigenvalue weighted by molar-refractivity contribution is -0.0188. The topological polar surface area (TPSA) is 64.6 Å². The summed E-state index contributed by atoms with van der Waals surface area (Å²) in [6.07, 6.45) is 7.07. The molecule has 0 amide bonds. The molecule has 0 radical (unpaired) electrons. The third kappa shape index (κ3) is 3.63. The Kier molecular flexibility index (Phi) is 4.99. The van der Waals surface area contributed by atoms with Gasteiger partial charge in [0.1, 0.15) is 0 Å². The first-order chi connectivity index (χ1) is 13.8. The second kappa shape index (κ2) is 7.76. The minimum absolute atomic E-state index is 0.443. The quantitative estimate of drug-likeness (QED) is 0.763. The zero-order chi connectivity index (χ0) is 18.9. The van der Waals surface area contributed by atoms with Crippen LogP contribution in [-0.2, 0) is 17.7 Å². The molecule has 6 heteroatoms. The number of methoxy groups -OCH3 is 1. The molecule has 1 saturated carbocycles. The molecule has 2 heterocycles. The summed E-state index contributed by atoms with van der Waals surface area (Å²) in [7, 11) is 1.71. The van der Waals surface area contributed by atoms with Crippen LogP contribution in [0.15, 0.2) is 12.1 Å². The number of aromatic nitrogens is 1.